The van der Waals surface area contributed by atoms with Gasteiger partial charge in [0.25, 0.3) is 0 Å². The maximum absolute atomic E-state index is 11.5. The average molecular weight is 236 g/mol. The summed E-state index contributed by atoms with van der Waals surface area (Å²) in [7, 11) is -2.18. The molecule has 1 atom stereocenters. The minimum absolute atomic E-state index is 0.0104. The van der Waals surface area contributed by atoms with Gasteiger partial charge < -0.3 is 4.74 Å². The average Bonchev–Trinajstić information content (AvgIpc) is 2.13. The van der Waals surface area contributed by atoms with Crippen molar-refractivity contribution in [1.29, 1.82) is 0 Å². The van der Waals surface area contributed by atoms with E-state index in [2.05, 4.69) is 4.74 Å². The zero-order valence-corrected chi connectivity index (χ0v) is 9.96. The molecule has 0 saturated heterocycles. The first-order valence-electron chi connectivity index (χ1n) is 4.57. The Morgan fingerprint density at radius 3 is 2.27 bits per heavy atom. The first-order chi connectivity index (χ1) is 6.79. The lowest BCUT2D eigenvalue weighted by Crippen LogP contribution is -2.24. The molecule has 0 fully saturated rings. The highest BCUT2D eigenvalue weighted by Gasteiger charge is 2.23. The number of Topliss-reactive ketones (excluding diaryl/α,β-unsaturated/α-hetero) is 1. The smallest absolute Gasteiger partial charge is 0.306 e. The third kappa shape index (κ3) is 5.51. The summed E-state index contributed by atoms with van der Waals surface area (Å²) in [4.78, 5) is 21.5. The second-order valence-electron chi connectivity index (χ2n) is 3.41. The van der Waals surface area contributed by atoms with Crippen molar-refractivity contribution in [2.24, 2.45) is 0 Å². The van der Waals surface area contributed by atoms with Crippen molar-refractivity contribution in [3.05, 3.63) is 0 Å². The maximum atomic E-state index is 11.5. The number of rotatable bonds is 6. The molecule has 0 aromatic rings. The lowest BCUT2D eigenvalue weighted by atomic mass is 10.2. The van der Waals surface area contributed by atoms with Crippen LogP contribution in [0.15, 0.2) is 0 Å². The van der Waals surface area contributed by atoms with E-state index >= 15 is 0 Å². The predicted molar refractivity (Wildman–Crippen MR) is 55.2 cm³/mol. The van der Waals surface area contributed by atoms with Crippen molar-refractivity contribution in [1.82, 2.24) is 0 Å². The van der Waals surface area contributed by atoms with Gasteiger partial charge in [0.05, 0.1) is 24.5 Å². The molecule has 88 valence electrons. The molecule has 0 aliphatic rings. The Morgan fingerprint density at radius 2 is 1.87 bits per heavy atom. The van der Waals surface area contributed by atoms with E-state index in [0.29, 0.717) is 0 Å². The van der Waals surface area contributed by atoms with Crippen LogP contribution in [0, 0.1) is 0 Å². The number of esters is 1. The van der Waals surface area contributed by atoms with E-state index in [0.717, 1.165) is 0 Å². The highest BCUT2D eigenvalue weighted by molar-refractivity contribution is 7.92. The van der Waals surface area contributed by atoms with E-state index in [-0.39, 0.29) is 24.4 Å². The zero-order chi connectivity index (χ0) is 12.1. The minimum atomic E-state index is -3.38. The molecule has 0 amide bonds. The van der Waals surface area contributed by atoms with Gasteiger partial charge in [-0.15, -0.1) is 0 Å². The van der Waals surface area contributed by atoms with Gasteiger partial charge >= 0.3 is 5.97 Å². The maximum Gasteiger partial charge on any atom is 0.306 e. The topological polar surface area (TPSA) is 77.5 Å². The van der Waals surface area contributed by atoms with Crippen LogP contribution in [0.4, 0.5) is 0 Å². The fraction of sp³-hybridized carbons (Fsp3) is 0.778. The number of carbonyl (C=O) groups excluding carboxylic acids is 2. The molecule has 0 N–H and O–H groups in total. The van der Waals surface area contributed by atoms with E-state index in [1.807, 2.05) is 0 Å². The molecule has 0 spiro atoms. The summed E-state index contributed by atoms with van der Waals surface area (Å²) in [5.74, 6) is -1.01. The van der Waals surface area contributed by atoms with E-state index in [9.17, 15) is 18.0 Å². The molecule has 15 heavy (non-hydrogen) atoms. The van der Waals surface area contributed by atoms with Crippen molar-refractivity contribution in [2.45, 2.75) is 31.9 Å². The monoisotopic (exact) mass is 236 g/mol. The molecular formula is C9H16O5S. The summed E-state index contributed by atoms with van der Waals surface area (Å²) in [6, 6.07) is 0. The normalized spacial score (nSPS) is 13.3. The molecule has 0 bridgehead atoms. The second-order valence-corrected chi connectivity index (χ2v) is 5.95. The molecule has 0 aliphatic carbocycles. The van der Waals surface area contributed by atoms with Crippen molar-refractivity contribution in [2.75, 3.05) is 12.9 Å². The standard InChI is InChI=1S/C9H16O5S/c1-7(10)6-8(2)15(12,13)5-4-9(11)14-3/h8H,4-6H2,1-3H3. The molecule has 0 aromatic heterocycles. The number of hydrogen-bond acceptors (Lipinski definition) is 5. The van der Waals surface area contributed by atoms with Gasteiger partial charge in [0.15, 0.2) is 9.84 Å². The SMILES string of the molecule is COC(=O)CCS(=O)(=O)C(C)CC(C)=O. The molecule has 0 rings (SSSR count). The Labute approximate surface area is 89.7 Å². The molecule has 0 aromatic carbocycles. The van der Waals surface area contributed by atoms with Crippen molar-refractivity contribution in [3.8, 4) is 0 Å². The number of hydrogen-bond donors (Lipinski definition) is 0. The summed E-state index contributed by atoms with van der Waals surface area (Å²) in [5.41, 5.74) is 0. The summed E-state index contributed by atoms with van der Waals surface area (Å²) in [6.07, 6.45) is -0.176. The van der Waals surface area contributed by atoms with E-state index in [1.54, 1.807) is 0 Å². The number of ether oxygens (including phenoxy) is 1. The second kappa shape index (κ2) is 5.85. The molecule has 6 heteroatoms. The van der Waals surface area contributed by atoms with Crippen LogP contribution in [0.1, 0.15) is 26.7 Å². The molecule has 0 heterocycles. The molecule has 5 nitrogen and oxygen atoms in total. The predicted octanol–water partition coefficient (Wildman–Crippen LogP) is 0.332. The fourth-order valence-electron chi connectivity index (χ4n) is 1.06. The van der Waals surface area contributed by atoms with Gasteiger partial charge in [0.1, 0.15) is 5.78 Å². The van der Waals surface area contributed by atoms with Crippen molar-refractivity contribution in [3.63, 3.8) is 0 Å². The Morgan fingerprint density at radius 1 is 1.33 bits per heavy atom. The van der Waals surface area contributed by atoms with E-state index < -0.39 is 21.1 Å². The van der Waals surface area contributed by atoms with E-state index in [4.69, 9.17) is 0 Å². The Bertz CT molecular complexity index is 330. The van der Waals surface area contributed by atoms with Gasteiger partial charge in [-0.05, 0) is 13.8 Å². The Balaban J connectivity index is 4.29. The number of carbonyl (C=O) groups is 2. The third-order valence-corrected chi connectivity index (χ3v) is 4.17. The van der Waals surface area contributed by atoms with Gasteiger partial charge in [0, 0.05) is 6.42 Å². The van der Waals surface area contributed by atoms with Gasteiger partial charge in [-0.1, -0.05) is 0 Å². The summed E-state index contributed by atoms with van der Waals surface area (Å²) < 4.78 is 27.4. The van der Waals surface area contributed by atoms with Gasteiger partial charge in [-0.2, -0.15) is 0 Å². The zero-order valence-electron chi connectivity index (χ0n) is 9.15. The lowest BCUT2D eigenvalue weighted by molar-refractivity contribution is -0.140. The van der Waals surface area contributed by atoms with Crippen LogP contribution >= 0.6 is 0 Å². The van der Waals surface area contributed by atoms with Crippen LogP contribution in [-0.2, 0) is 24.2 Å². The Kier molecular flexibility index (Phi) is 5.49. The highest BCUT2D eigenvalue weighted by atomic mass is 32.2. The van der Waals surface area contributed by atoms with Crippen LogP contribution < -0.4 is 0 Å². The molecule has 0 saturated carbocycles. The quantitative estimate of drug-likeness (QED) is 0.621. The number of sulfone groups is 1. The first-order valence-corrected chi connectivity index (χ1v) is 6.29. The summed E-state index contributed by atoms with van der Waals surface area (Å²) in [6.45, 7) is 2.81. The van der Waals surface area contributed by atoms with E-state index in [1.165, 1.54) is 21.0 Å². The number of ketones is 1. The third-order valence-electron chi connectivity index (χ3n) is 2.01. The minimum Gasteiger partial charge on any atom is -0.469 e. The largest absolute Gasteiger partial charge is 0.469 e. The molecular weight excluding hydrogens is 220 g/mol. The Hall–Kier alpha value is -0.910. The van der Waals surface area contributed by atoms with Crippen LogP contribution in [0.2, 0.25) is 0 Å². The van der Waals surface area contributed by atoms with Crippen LogP contribution in [0.3, 0.4) is 0 Å². The van der Waals surface area contributed by atoms with Crippen molar-refractivity contribution >= 4 is 21.6 Å². The van der Waals surface area contributed by atoms with Crippen LogP contribution in [0.5, 0.6) is 0 Å². The highest BCUT2D eigenvalue weighted by Crippen LogP contribution is 2.08. The molecule has 0 aliphatic heterocycles. The van der Waals surface area contributed by atoms with Crippen LogP contribution in [0.25, 0.3) is 0 Å². The number of methoxy groups -OCH3 is 1. The fourth-order valence-corrected chi connectivity index (χ4v) is 2.40. The summed E-state index contributed by atoms with van der Waals surface area (Å²) in [5, 5.41) is -0.736. The van der Waals surface area contributed by atoms with Gasteiger partial charge in [0.2, 0.25) is 0 Å². The van der Waals surface area contributed by atoms with Gasteiger partial charge in [-0.25, -0.2) is 8.42 Å². The summed E-state index contributed by atoms with van der Waals surface area (Å²) >= 11 is 0. The van der Waals surface area contributed by atoms with Crippen molar-refractivity contribution < 1.29 is 22.7 Å². The molecule has 0 radical (unpaired) electrons. The first kappa shape index (κ1) is 14.1. The molecule has 1 unspecified atom stereocenters. The van der Waals surface area contributed by atoms with Gasteiger partial charge in [-0.3, -0.25) is 9.59 Å². The van der Waals surface area contributed by atoms with Crippen LogP contribution in [-0.4, -0.2) is 38.3 Å². The lowest BCUT2D eigenvalue weighted by Gasteiger charge is -2.10.